The minimum absolute atomic E-state index is 0.0687. The summed E-state index contributed by atoms with van der Waals surface area (Å²) >= 11 is 0. The Labute approximate surface area is 108 Å². The highest BCUT2D eigenvalue weighted by Crippen LogP contribution is 2.26. The van der Waals surface area contributed by atoms with Crippen molar-refractivity contribution in [2.24, 2.45) is 0 Å². The molecule has 0 radical (unpaired) electrons. The summed E-state index contributed by atoms with van der Waals surface area (Å²) in [5.74, 6) is 0. The molecule has 0 aromatic heterocycles. The summed E-state index contributed by atoms with van der Waals surface area (Å²) in [4.78, 5) is 0. The first-order chi connectivity index (χ1) is 7.89. The van der Waals surface area contributed by atoms with Gasteiger partial charge >= 0.3 is 0 Å². The van der Waals surface area contributed by atoms with Gasteiger partial charge in [-0.1, -0.05) is 22.4 Å². The maximum Gasteiger partial charge on any atom is 0.0689 e. The summed E-state index contributed by atoms with van der Waals surface area (Å²) in [6, 6.07) is 0. The molecule has 0 saturated heterocycles. The molecule has 0 rings (SSSR count). The monoisotopic (exact) mass is 264 g/mol. The van der Waals surface area contributed by atoms with Crippen molar-refractivity contribution in [3.8, 4) is 0 Å². The van der Waals surface area contributed by atoms with Crippen molar-refractivity contribution in [2.45, 2.75) is 58.2 Å². The van der Waals surface area contributed by atoms with Crippen molar-refractivity contribution in [1.29, 1.82) is 0 Å². The van der Waals surface area contributed by atoms with Crippen LogP contribution in [0.1, 0.15) is 47.0 Å². The predicted molar refractivity (Wildman–Crippen MR) is 75.2 cm³/mol. The van der Waals surface area contributed by atoms with Crippen molar-refractivity contribution in [3.05, 3.63) is 0 Å². The van der Waals surface area contributed by atoms with Crippen LogP contribution in [0.25, 0.3) is 0 Å². The molecular weight excluding hydrogens is 235 g/mol. The number of hydrogen-bond donors (Lipinski definition) is 1. The van der Waals surface area contributed by atoms with Crippen LogP contribution in [0.15, 0.2) is 0 Å². The van der Waals surface area contributed by atoms with Crippen LogP contribution in [0.2, 0.25) is 0 Å². The molecular formula is C13H29O3P. The number of aliphatic hydroxyl groups is 1. The fourth-order valence-corrected chi connectivity index (χ4v) is 2.58. The van der Waals surface area contributed by atoms with Crippen molar-refractivity contribution >= 4 is 8.58 Å². The van der Waals surface area contributed by atoms with Gasteiger partial charge in [0, 0.05) is 7.11 Å². The molecule has 3 nitrogen and oxygen atoms in total. The van der Waals surface area contributed by atoms with Crippen LogP contribution in [0.4, 0.5) is 0 Å². The molecule has 17 heavy (non-hydrogen) atoms. The molecule has 0 aromatic rings. The molecule has 0 heterocycles. The molecule has 0 fully saturated rings. The number of hydrogen-bond acceptors (Lipinski definition) is 3. The maximum atomic E-state index is 9.91. The summed E-state index contributed by atoms with van der Waals surface area (Å²) in [6.07, 6.45) is 4.31. The molecule has 0 aliphatic rings. The van der Waals surface area contributed by atoms with Crippen LogP contribution >= 0.6 is 8.58 Å². The third-order valence-electron chi connectivity index (χ3n) is 3.35. The Balaban J connectivity index is 3.94. The van der Waals surface area contributed by atoms with Crippen molar-refractivity contribution in [1.82, 2.24) is 0 Å². The van der Waals surface area contributed by atoms with Gasteiger partial charge in [-0.25, -0.2) is 0 Å². The Morgan fingerprint density at radius 1 is 1.18 bits per heavy atom. The molecule has 4 heteroatoms. The van der Waals surface area contributed by atoms with Gasteiger partial charge < -0.3 is 14.6 Å². The molecule has 3 unspecified atom stereocenters. The average molecular weight is 264 g/mol. The first-order valence-corrected chi connectivity index (χ1v) is 7.86. The fourth-order valence-electron chi connectivity index (χ4n) is 1.39. The summed E-state index contributed by atoms with van der Waals surface area (Å²) in [5, 5.41) is 9.91. The fraction of sp³-hybridized carbons (Fsp3) is 1.00. The molecule has 0 saturated carbocycles. The summed E-state index contributed by atoms with van der Waals surface area (Å²) in [6.45, 7) is 8.79. The maximum absolute atomic E-state index is 9.91. The van der Waals surface area contributed by atoms with Gasteiger partial charge in [0.1, 0.15) is 0 Å². The Kier molecular flexibility index (Phi) is 8.57. The lowest BCUT2D eigenvalue weighted by Gasteiger charge is -2.30. The highest BCUT2D eigenvalue weighted by atomic mass is 31.1. The first kappa shape index (κ1) is 17.3. The van der Waals surface area contributed by atoms with Gasteiger partial charge in [0.05, 0.1) is 24.2 Å². The second-order valence-corrected chi connectivity index (χ2v) is 6.25. The quantitative estimate of drug-likeness (QED) is 0.487. The van der Waals surface area contributed by atoms with Crippen molar-refractivity contribution < 1.29 is 14.6 Å². The normalized spacial score (nSPS) is 19.4. The first-order valence-electron chi connectivity index (χ1n) is 6.45. The average Bonchev–Trinajstić information content (AvgIpc) is 2.29. The zero-order valence-electron chi connectivity index (χ0n) is 12.0. The topological polar surface area (TPSA) is 38.7 Å². The molecule has 0 aromatic carbocycles. The van der Waals surface area contributed by atoms with Crippen LogP contribution in [0.3, 0.4) is 0 Å². The van der Waals surface area contributed by atoms with E-state index in [-0.39, 0.29) is 5.60 Å². The van der Waals surface area contributed by atoms with Crippen LogP contribution in [0.5, 0.6) is 0 Å². The van der Waals surface area contributed by atoms with Crippen LogP contribution in [-0.2, 0) is 9.47 Å². The third-order valence-corrected chi connectivity index (χ3v) is 4.84. The molecule has 1 N–H and O–H groups in total. The third kappa shape index (κ3) is 8.10. The van der Waals surface area contributed by atoms with E-state index in [1.807, 2.05) is 13.8 Å². The summed E-state index contributed by atoms with van der Waals surface area (Å²) < 4.78 is 11.0. The smallest absolute Gasteiger partial charge is 0.0689 e. The van der Waals surface area contributed by atoms with E-state index in [4.69, 9.17) is 9.47 Å². The minimum Gasteiger partial charge on any atom is -0.390 e. The lowest BCUT2D eigenvalue weighted by molar-refractivity contribution is -0.0508. The van der Waals surface area contributed by atoms with Gasteiger partial charge in [-0.2, -0.15) is 0 Å². The zero-order chi connectivity index (χ0) is 13.4. The molecule has 0 aliphatic heterocycles. The number of ether oxygens (including phenoxy) is 2. The molecule has 3 atom stereocenters. The molecule has 104 valence electrons. The molecule has 0 bridgehead atoms. The van der Waals surface area contributed by atoms with Gasteiger partial charge in [-0.05, 0) is 39.3 Å². The van der Waals surface area contributed by atoms with Crippen LogP contribution in [0, 0.1) is 0 Å². The van der Waals surface area contributed by atoms with E-state index in [1.54, 1.807) is 7.11 Å². The second kappa shape index (κ2) is 8.42. The van der Waals surface area contributed by atoms with E-state index in [2.05, 4.69) is 13.8 Å². The van der Waals surface area contributed by atoms with E-state index in [9.17, 15) is 5.11 Å². The van der Waals surface area contributed by atoms with Gasteiger partial charge in [0.15, 0.2) is 0 Å². The molecule has 0 spiro atoms. The Hall–Kier alpha value is 0.310. The minimum atomic E-state index is -0.594. The van der Waals surface area contributed by atoms with Gasteiger partial charge in [0.2, 0.25) is 0 Å². The van der Waals surface area contributed by atoms with E-state index in [0.29, 0.717) is 13.0 Å². The number of methoxy groups -OCH3 is 1. The predicted octanol–water partition coefficient (Wildman–Crippen LogP) is 3.01. The Morgan fingerprint density at radius 3 is 2.29 bits per heavy atom. The van der Waals surface area contributed by atoms with Gasteiger partial charge in [-0.15, -0.1) is 0 Å². The van der Waals surface area contributed by atoms with Crippen molar-refractivity contribution in [2.75, 3.05) is 26.2 Å². The standard InChI is InChI=1S/C13H29O3P/c1-6-12(3,14)8-9-16-13(4,7-2)10-17-11-15-5/h14,17H,6-11H2,1-5H3. The van der Waals surface area contributed by atoms with E-state index in [1.165, 1.54) is 0 Å². The van der Waals surface area contributed by atoms with E-state index in [0.717, 1.165) is 33.9 Å². The lowest BCUT2D eigenvalue weighted by atomic mass is 9.99. The molecule has 0 amide bonds. The van der Waals surface area contributed by atoms with Gasteiger partial charge in [-0.3, -0.25) is 0 Å². The second-order valence-electron chi connectivity index (χ2n) is 5.11. The van der Waals surface area contributed by atoms with E-state index < -0.39 is 5.60 Å². The molecule has 0 aliphatic carbocycles. The largest absolute Gasteiger partial charge is 0.390 e. The van der Waals surface area contributed by atoms with E-state index >= 15 is 0 Å². The van der Waals surface area contributed by atoms with Crippen LogP contribution in [-0.4, -0.2) is 42.5 Å². The summed E-state index contributed by atoms with van der Waals surface area (Å²) in [7, 11) is 2.51. The van der Waals surface area contributed by atoms with Crippen molar-refractivity contribution in [3.63, 3.8) is 0 Å². The van der Waals surface area contributed by atoms with Crippen LogP contribution < -0.4 is 0 Å². The highest BCUT2D eigenvalue weighted by Gasteiger charge is 2.24. The summed E-state index contributed by atoms with van der Waals surface area (Å²) in [5.41, 5.74) is -0.662. The Morgan fingerprint density at radius 2 is 1.82 bits per heavy atom. The SMILES string of the molecule is CCC(C)(O)CCOC(C)(CC)CPCOC. The Bertz CT molecular complexity index is 197. The highest BCUT2D eigenvalue weighted by molar-refractivity contribution is 7.37. The zero-order valence-corrected chi connectivity index (χ0v) is 13.0. The lowest BCUT2D eigenvalue weighted by Crippen LogP contribution is -2.34. The van der Waals surface area contributed by atoms with Gasteiger partial charge in [0.25, 0.3) is 0 Å². The number of rotatable bonds is 10.